The van der Waals surface area contributed by atoms with E-state index in [4.69, 9.17) is 14.2 Å². The van der Waals surface area contributed by atoms with E-state index < -0.39 is 15.4 Å². The number of amides is 1. The van der Waals surface area contributed by atoms with Gasteiger partial charge in [-0.25, -0.2) is 8.42 Å². The maximum Gasteiger partial charge on any atom is 0.243 e. The maximum atomic E-state index is 13.5. The van der Waals surface area contributed by atoms with Crippen molar-refractivity contribution >= 4 is 15.9 Å². The van der Waals surface area contributed by atoms with E-state index in [9.17, 15) is 13.2 Å². The molecule has 4 rings (SSSR count). The molecule has 184 valence electrons. The molecule has 0 N–H and O–H groups in total. The molecular formula is C25H32N2O6S. The zero-order valence-electron chi connectivity index (χ0n) is 19.5. The molecule has 1 atom stereocenters. The van der Waals surface area contributed by atoms with Gasteiger partial charge in [-0.15, -0.1) is 0 Å². The first-order valence-electron chi connectivity index (χ1n) is 11.6. The summed E-state index contributed by atoms with van der Waals surface area (Å²) in [6.07, 6.45) is 1.60. The van der Waals surface area contributed by atoms with Gasteiger partial charge in [0.1, 0.15) is 11.5 Å². The molecule has 1 amide bonds. The van der Waals surface area contributed by atoms with Crippen molar-refractivity contribution in [1.82, 2.24) is 9.21 Å². The number of ether oxygens (including phenoxy) is 3. The van der Waals surface area contributed by atoms with Crippen LogP contribution in [-0.2, 0) is 19.6 Å². The summed E-state index contributed by atoms with van der Waals surface area (Å²) >= 11 is 0. The lowest BCUT2D eigenvalue weighted by Gasteiger charge is -2.42. The van der Waals surface area contributed by atoms with Gasteiger partial charge in [0, 0.05) is 38.0 Å². The van der Waals surface area contributed by atoms with Crippen LogP contribution in [0.3, 0.4) is 0 Å². The topological polar surface area (TPSA) is 85.4 Å². The van der Waals surface area contributed by atoms with Gasteiger partial charge in [0.2, 0.25) is 15.9 Å². The fraction of sp³-hybridized carbons (Fsp3) is 0.480. The molecule has 2 fully saturated rings. The molecule has 2 aliphatic rings. The van der Waals surface area contributed by atoms with Gasteiger partial charge in [-0.3, -0.25) is 4.79 Å². The maximum absolute atomic E-state index is 13.5. The Morgan fingerprint density at radius 3 is 2.38 bits per heavy atom. The lowest BCUT2D eigenvalue weighted by Crippen LogP contribution is -2.51. The molecule has 0 aromatic heterocycles. The van der Waals surface area contributed by atoms with Crippen molar-refractivity contribution in [1.29, 1.82) is 0 Å². The first-order valence-corrected chi connectivity index (χ1v) is 13.0. The fourth-order valence-electron chi connectivity index (χ4n) is 4.58. The highest BCUT2D eigenvalue weighted by molar-refractivity contribution is 7.89. The van der Waals surface area contributed by atoms with Crippen molar-refractivity contribution in [2.45, 2.75) is 24.2 Å². The summed E-state index contributed by atoms with van der Waals surface area (Å²) in [7, 11) is -2.18. The first-order chi connectivity index (χ1) is 16.4. The molecule has 2 heterocycles. The zero-order valence-corrected chi connectivity index (χ0v) is 20.3. The SMILES string of the molecule is COc1ccc(S(=O)(=O)N2CCCC(COc3ccccc3)(CC(=O)N3CCOCC3)C2)cc1. The van der Waals surface area contributed by atoms with Crippen LogP contribution in [0.25, 0.3) is 0 Å². The van der Waals surface area contributed by atoms with Crippen molar-refractivity contribution in [3.05, 3.63) is 54.6 Å². The molecule has 0 bridgehead atoms. The van der Waals surface area contributed by atoms with Gasteiger partial charge in [0.15, 0.2) is 0 Å². The van der Waals surface area contributed by atoms with Crippen LogP contribution in [0.4, 0.5) is 0 Å². The Hall–Kier alpha value is -2.62. The molecule has 2 aromatic carbocycles. The summed E-state index contributed by atoms with van der Waals surface area (Å²) in [5, 5.41) is 0. The number of para-hydroxylation sites is 1. The van der Waals surface area contributed by atoms with Gasteiger partial charge >= 0.3 is 0 Å². The van der Waals surface area contributed by atoms with Crippen LogP contribution in [0, 0.1) is 5.41 Å². The Kier molecular flexibility index (Phi) is 7.75. The molecule has 2 aromatic rings. The highest BCUT2D eigenvalue weighted by Crippen LogP contribution is 2.37. The van der Waals surface area contributed by atoms with Gasteiger partial charge in [0.25, 0.3) is 0 Å². The molecule has 0 spiro atoms. The van der Waals surface area contributed by atoms with Crippen molar-refractivity contribution in [2.75, 3.05) is 53.1 Å². The zero-order chi connectivity index (χ0) is 24.0. The summed E-state index contributed by atoms with van der Waals surface area (Å²) in [6.45, 7) is 3.07. The predicted molar refractivity (Wildman–Crippen MR) is 127 cm³/mol. The largest absolute Gasteiger partial charge is 0.497 e. The predicted octanol–water partition coefficient (Wildman–Crippen LogP) is 2.79. The van der Waals surface area contributed by atoms with Crippen LogP contribution >= 0.6 is 0 Å². The standard InChI is InChI=1S/C25H32N2O6S/c1-31-21-8-10-23(11-9-21)34(29,30)27-13-5-12-25(19-27,20-33-22-6-3-2-4-7-22)18-24(28)26-14-16-32-17-15-26/h2-4,6-11H,5,12-20H2,1H3. The number of carbonyl (C=O) groups is 1. The molecule has 9 heteroatoms. The molecule has 8 nitrogen and oxygen atoms in total. The van der Waals surface area contributed by atoms with Crippen LogP contribution in [0.2, 0.25) is 0 Å². The molecule has 0 aliphatic carbocycles. The summed E-state index contributed by atoms with van der Waals surface area (Å²) in [4.78, 5) is 15.2. The van der Waals surface area contributed by atoms with Gasteiger partial charge in [-0.05, 0) is 49.2 Å². The van der Waals surface area contributed by atoms with Crippen LogP contribution in [0.1, 0.15) is 19.3 Å². The van der Waals surface area contributed by atoms with Crippen molar-refractivity contribution in [3.8, 4) is 11.5 Å². The molecule has 0 saturated carbocycles. The van der Waals surface area contributed by atoms with E-state index in [1.165, 1.54) is 4.31 Å². The minimum atomic E-state index is -3.72. The number of benzene rings is 2. The number of hydrogen-bond acceptors (Lipinski definition) is 6. The first kappa shape index (κ1) is 24.5. The molecule has 34 heavy (non-hydrogen) atoms. The number of carbonyl (C=O) groups excluding carboxylic acids is 1. The average Bonchev–Trinajstić information content (AvgIpc) is 2.89. The number of piperidine rings is 1. The van der Waals surface area contributed by atoms with Crippen LogP contribution in [0.5, 0.6) is 11.5 Å². The van der Waals surface area contributed by atoms with E-state index in [0.29, 0.717) is 57.2 Å². The van der Waals surface area contributed by atoms with Gasteiger partial charge < -0.3 is 19.1 Å². The number of nitrogens with zero attached hydrogens (tertiary/aromatic N) is 2. The summed E-state index contributed by atoms with van der Waals surface area (Å²) in [6, 6.07) is 15.8. The Morgan fingerprint density at radius 1 is 1.00 bits per heavy atom. The molecule has 2 saturated heterocycles. The Morgan fingerprint density at radius 2 is 1.71 bits per heavy atom. The minimum absolute atomic E-state index is 0.0173. The Labute approximate surface area is 201 Å². The average molecular weight is 489 g/mol. The quantitative estimate of drug-likeness (QED) is 0.568. The molecule has 1 unspecified atom stereocenters. The summed E-state index contributed by atoms with van der Waals surface area (Å²) in [5.74, 6) is 1.32. The normalized spacial score (nSPS) is 21.7. The number of hydrogen-bond donors (Lipinski definition) is 0. The highest BCUT2D eigenvalue weighted by Gasteiger charge is 2.43. The fourth-order valence-corrected chi connectivity index (χ4v) is 6.17. The number of morpholine rings is 1. The summed E-state index contributed by atoms with van der Waals surface area (Å²) < 4.78 is 45.1. The smallest absolute Gasteiger partial charge is 0.243 e. The number of rotatable bonds is 8. The van der Waals surface area contributed by atoms with E-state index in [0.717, 1.165) is 0 Å². The van der Waals surface area contributed by atoms with Crippen LogP contribution in [-0.4, -0.2) is 76.6 Å². The third kappa shape index (κ3) is 5.71. The lowest BCUT2D eigenvalue weighted by atomic mass is 9.78. The lowest BCUT2D eigenvalue weighted by molar-refractivity contribution is -0.139. The molecule has 0 radical (unpaired) electrons. The monoisotopic (exact) mass is 488 g/mol. The van der Waals surface area contributed by atoms with Crippen LogP contribution in [0.15, 0.2) is 59.5 Å². The third-order valence-corrected chi connectivity index (χ3v) is 8.36. The van der Waals surface area contributed by atoms with Crippen LogP contribution < -0.4 is 9.47 Å². The van der Waals surface area contributed by atoms with Crippen molar-refractivity contribution < 1.29 is 27.4 Å². The second-order valence-electron chi connectivity index (χ2n) is 8.89. The van der Waals surface area contributed by atoms with E-state index in [1.807, 2.05) is 35.2 Å². The Balaban J connectivity index is 1.56. The van der Waals surface area contributed by atoms with Gasteiger partial charge in [-0.1, -0.05) is 18.2 Å². The van der Waals surface area contributed by atoms with Gasteiger partial charge in [-0.2, -0.15) is 4.31 Å². The van der Waals surface area contributed by atoms with Crippen molar-refractivity contribution in [3.63, 3.8) is 0 Å². The summed E-state index contributed by atoms with van der Waals surface area (Å²) in [5.41, 5.74) is -0.622. The number of sulfonamides is 1. The van der Waals surface area contributed by atoms with E-state index >= 15 is 0 Å². The van der Waals surface area contributed by atoms with Crippen molar-refractivity contribution in [2.24, 2.45) is 5.41 Å². The minimum Gasteiger partial charge on any atom is -0.497 e. The second-order valence-corrected chi connectivity index (χ2v) is 10.8. The van der Waals surface area contributed by atoms with E-state index in [1.54, 1.807) is 31.4 Å². The Bertz CT molecular complexity index is 1050. The third-order valence-electron chi connectivity index (χ3n) is 6.50. The molecular weight excluding hydrogens is 456 g/mol. The van der Waals surface area contributed by atoms with E-state index in [-0.39, 0.29) is 30.4 Å². The highest BCUT2D eigenvalue weighted by atomic mass is 32.2. The van der Waals surface area contributed by atoms with Gasteiger partial charge in [0.05, 0.1) is 31.8 Å². The number of methoxy groups -OCH3 is 1. The second kappa shape index (κ2) is 10.8. The van der Waals surface area contributed by atoms with E-state index in [2.05, 4.69) is 0 Å². The molecule has 2 aliphatic heterocycles.